The van der Waals surface area contributed by atoms with Crippen LogP contribution in [0, 0.1) is 0 Å². The molecule has 0 aliphatic carbocycles. The van der Waals surface area contributed by atoms with Crippen molar-refractivity contribution in [1.82, 2.24) is 0 Å². The van der Waals surface area contributed by atoms with E-state index in [4.69, 9.17) is 0 Å². The third kappa shape index (κ3) is 5.00. The molecule has 3 aromatic carbocycles. The topological polar surface area (TPSA) is 0 Å². The van der Waals surface area contributed by atoms with Crippen molar-refractivity contribution in [3.05, 3.63) is 91.0 Å². The van der Waals surface area contributed by atoms with Crippen LogP contribution in [0.15, 0.2) is 91.0 Å². The zero-order chi connectivity index (χ0) is 15.7. The summed E-state index contributed by atoms with van der Waals surface area (Å²) in [6.45, 7) is 0. The van der Waals surface area contributed by atoms with E-state index >= 15 is 0 Å². The first-order chi connectivity index (χ1) is 11.4. The average molecular weight is 335 g/mol. The quantitative estimate of drug-likeness (QED) is 0.430. The molecular weight excluding hydrogens is 314 g/mol. The van der Waals surface area contributed by atoms with Gasteiger partial charge >= 0.3 is 0 Å². The maximum atomic E-state index is 2.29. The fourth-order valence-electron chi connectivity index (χ4n) is 2.59. The molecule has 0 heterocycles. The molecule has 0 nitrogen and oxygen atoms in total. The van der Waals surface area contributed by atoms with Crippen LogP contribution >= 0.6 is 16.5 Å². The average Bonchev–Trinajstić information content (AvgIpc) is 2.64. The lowest BCUT2D eigenvalue weighted by Gasteiger charge is -2.18. The van der Waals surface area contributed by atoms with E-state index in [9.17, 15) is 0 Å². The Morgan fingerprint density at radius 2 is 1.09 bits per heavy atom. The molecule has 0 fully saturated rings. The number of rotatable bonds is 7. The van der Waals surface area contributed by atoms with Gasteiger partial charge < -0.3 is 0 Å². The van der Waals surface area contributed by atoms with Gasteiger partial charge in [-0.3, -0.25) is 0 Å². The van der Waals surface area contributed by atoms with Crippen LogP contribution in [0.3, 0.4) is 0 Å². The van der Waals surface area contributed by atoms with Crippen LogP contribution in [-0.2, 0) is 0 Å². The van der Waals surface area contributed by atoms with Crippen molar-refractivity contribution >= 4 is 32.4 Å². The van der Waals surface area contributed by atoms with E-state index in [-0.39, 0.29) is 7.92 Å². The molecule has 115 valence electrons. The van der Waals surface area contributed by atoms with Crippen LogP contribution in [0.4, 0.5) is 0 Å². The highest BCUT2D eigenvalue weighted by Crippen LogP contribution is 2.34. The standard InChI is InChI=1S/C21H21P2/c1-4-11-19(12-5-1)22-17-10-18-23(20-13-6-2-7-14-20)21-15-8-3-9-16-21/h1-9,11-16H,10,17-18H2. The number of benzene rings is 3. The molecule has 0 saturated heterocycles. The summed E-state index contributed by atoms with van der Waals surface area (Å²) in [5, 5.41) is 4.41. The normalized spacial score (nSPS) is 11.3. The molecule has 0 aliphatic rings. The van der Waals surface area contributed by atoms with Gasteiger partial charge in [0.05, 0.1) is 0 Å². The summed E-state index contributed by atoms with van der Waals surface area (Å²) in [7, 11) is 1.21. The zero-order valence-electron chi connectivity index (χ0n) is 13.2. The molecular formula is C21H21P2. The highest BCUT2D eigenvalue weighted by molar-refractivity contribution is 7.73. The third-order valence-corrected chi connectivity index (χ3v) is 7.54. The largest absolute Gasteiger partial charge is 0.0622 e. The minimum Gasteiger partial charge on any atom is -0.0622 e. The summed E-state index contributed by atoms with van der Waals surface area (Å²) in [5.41, 5.74) is 0. The molecule has 0 unspecified atom stereocenters. The van der Waals surface area contributed by atoms with Crippen molar-refractivity contribution < 1.29 is 0 Å². The Hall–Kier alpha value is -1.48. The Bertz CT molecular complexity index is 641. The van der Waals surface area contributed by atoms with Gasteiger partial charge in [-0.25, -0.2) is 0 Å². The monoisotopic (exact) mass is 335 g/mol. The van der Waals surface area contributed by atoms with Crippen molar-refractivity contribution in [3.8, 4) is 0 Å². The van der Waals surface area contributed by atoms with Gasteiger partial charge in [0.1, 0.15) is 0 Å². The Kier molecular flexibility index (Phi) is 6.39. The van der Waals surface area contributed by atoms with Crippen molar-refractivity contribution in [2.45, 2.75) is 6.42 Å². The Morgan fingerprint density at radius 3 is 1.61 bits per heavy atom. The van der Waals surface area contributed by atoms with E-state index in [1.54, 1.807) is 0 Å². The van der Waals surface area contributed by atoms with Crippen molar-refractivity contribution in [2.24, 2.45) is 0 Å². The van der Waals surface area contributed by atoms with Crippen LogP contribution in [0.5, 0.6) is 0 Å². The van der Waals surface area contributed by atoms with E-state index in [0.29, 0.717) is 0 Å². The fraction of sp³-hybridized carbons (Fsp3) is 0.143. The van der Waals surface area contributed by atoms with E-state index in [2.05, 4.69) is 91.0 Å². The van der Waals surface area contributed by atoms with E-state index in [1.807, 2.05) is 0 Å². The molecule has 0 N–H and O–H groups in total. The van der Waals surface area contributed by atoms with E-state index in [1.165, 1.54) is 43.2 Å². The van der Waals surface area contributed by atoms with Crippen LogP contribution in [0.2, 0.25) is 0 Å². The maximum absolute atomic E-state index is 2.29. The zero-order valence-corrected chi connectivity index (χ0v) is 15.0. The summed E-state index contributed by atoms with van der Waals surface area (Å²) in [6, 6.07) is 32.8. The molecule has 0 bridgehead atoms. The van der Waals surface area contributed by atoms with Crippen LogP contribution in [-0.4, -0.2) is 12.3 Å². The predicted octanol–water partition coefficient (Wildman–Crippen LogP) is 4.78. The van der Waals surface area contributed by atoms with Gasteiger partial charge in [0, 0.05) is 0 Å². The number of hydrogen-bond acceptors (Lipinski definition) is 0. The second-order valence-corrected chi connectivity index (χ2v) is 9.01. The first-order valence-electron chi connectivity index (χ1n) is 8.04. The van der Waals surface area contributed by atoms with Crippen LogP contribution in [0.25, 0.3) is 0 Å². The molecule has 0 atom stereocenters. The van der Waals surface area contributed by atoms with Crippen molar-refractivity contribution in [3.63, 3.8) is 0 Å². The lowest BCUT2D eigenvalue weighted by Crippen LogP contribution is -2.14. The van der Waals surface area contributed by atoms with E-state index in [0.717, 1.165) is 0 Å². The molecule has 0 spiro atoms. The molecule has 0 amide bonds. The Morgan fingerprint density at radius 1 is 0.609 bits per heavy atom. The molecule has 0 aromatic heterocycles. The summed E-state index contributed by atoms with van der Waals surface area (Å²) < 4.78 is 0. The predicted molar refractivity (Wildman–Crippen MR) is 106 cm³/mol. The van der Waals surface area contributed by atoms with Gasteiger partial charge in [0.15, 0.2) is 0 Å². The maximum Gasteiger partial charge on any atom is -0.0193 e. The minimum absolute atomic E-state index is 0.236. The van der Waals surface area contributed by atoms with Crippen molar-refractivity contribution in [1.29, 1.82) is 0 Å². The molecule has 2 heteroatoms. The second-order valence-electron chi connectivity index (χ2n) is 5.39. The van der Waals surface area contributed by atoms with Crippen LogP contribution < -0.4 is 15.9 Å². The van der Waals surface area contributed by atoms with E-state index < -0.39 is 0 Å². The number of hydrogen-bond donors (Lipinski definition) is 0. The summed E-state index contributed by atoms with van der Waals surface area (Å²) in [6.07, 6.45) is 3.78. The summed E-state index contributed by atoms with van der Waals surface area (Å²) in [4.78, 5) is 0. The lowest BCUT2D eigenvalue weighted by atomic mass is 10.4. The smallest absolute Gasteiger partial charge is 0.0193 e. The molecule has 1 radical (unpaired) electrons. The third-order valence-electron chi connectivity index (χ3n) is 3.73. The first kappa shape index (κ1) is 16.4. The summed E-state index contributed by atoms with van der Waals surface area (Å²) in [5.74, 6) is 0. The SMILES string of the molecule is c1ccc([P]CCCP(c2ccccc2)c2ccccc2)cc1. The molecule has 23 heavy (non-hydrogen) atoms. The highest BCUT2D eigenvalue weighted by Gasteiger charge is 2.12. The fourth-order valence-corrected chi connectivity index (χ4v) is 6.15. The highest BCUT2D eigenvalue weighted by atomic mass is 31.1. The summed E-state index contributed by atoms with van der Waals surface area (Å²) >= 11 is 0. The van der Waals surface area contributed by atoms with Gasteiger partial charge in [-0.2, -0.15) is 0 Å². The second kappa shape index (κ2) is 8.97. The minimum atomic E-state index is -0.236. The van der Waals surface area contributed by atoms with Gasteiger partial charge in [-0.1, -0.05) is 91.0 Å². The molecule has 0 saturated carbocycles. The van der Waals surface area contributed by atoms with Crippen LogP contribution in [0.1, 0.15) is 6.42 Å². The Balaban J connectivity index is 1.63. The lowest BCUT2D eigenvalue weighted by molar-refractivity contribution is 1.12. The van der Waals surface area contributed by atoms with Gasteiger partial charge in [0.25, 0.3) is 0 Å². The van der Waals surface area contributed by atoms with Gasteiger partial charge in [-0.05, 0) is 51.2 Å². The Labute approximate surface area is 142 Å². The molecule has 0 aliphatic heterocycles. The first-order valence-corrected chi connectivity index (χ1v) is 10.6. The molecule has 3 rings (SSSR count). The van der Waals surface area contributed by atoms with Gasteiger partial charge in [0.2, 0.25) is 0 Å². The van der Waals surface area contributed by atoms with Crippen molar-refractivity contribution in [2.75, 3.05) is 12.3 Å². The molecule has 3 aromatic rings. The van der Waals surface area contributed by atoms with Gasteiger partial charge in [-0.15, -0.1) is 0 Å².